The second-order valence-electron chi connectivity index (χ2n) is 4.67. The van der Waals surface area contributed by atoms with Gasteiger partial charge in [-0.05, 0) is 24.4 Å². The Kier molecular flexibility index (Phi) is 4.31. The van der Waals surface area contributed by atoms with Crippen LogP contribution in [0.1, 0.15) is 18.2 Å². The highest BCUT2D eigenvalue weighted by molar-refractivity contribution is 7.09. The van der Waals surface area contributed by atoms with Crippen LogP contribution in [0.25, 0.3) is 0 Å². The van der Waals surface area contributed by atoms with Crippen molar-refractivity contribution >= 4 is 17.6 Å². The molecule has 0 amide bonds. The fourth-order valence-electron chi connectivity index (χ4n) is 2.23. The van der Waals surface area contributed by atoms with Crippen LogP contribution in [-0.2, 0) is 16.1 Å². The Balaban J connectivity index is 1.96. The van der Waals surface area contributed by atoms with Gasteiger partial charge in [-0.1, -0.05) is 13.0 Å². The average Bonchev–Trinajstić information content (AvgIpc) is 3.00. The maximum Gasteiger partial charge on any atom is 0.129 e. The van der Waals surface area contributed by atoms with Gasteiger partial charge in [-0.25, -0.2) is 0 Å². The third-order valence-corrected chi connectivity index (χ3v) is 4.19. The number of rotatable bonds is 6. The smallest absolute Gasteiger partial charge is 0.129 e. The van der Waals surface area contributed by atoms with Gasteiger partial charge in [0, 0.05) is 24.6 Å². The van der Waals surface area contributed by atoms with Crippen molar-refractivity contribution in [1.29, 1.82) is 0 Å². The number of thiophene rings is 1. The van der Waals surface area contributed by atoms with Gasteiger partial charge < -0.3 is 9.53 Å². The number of hydrogen-bond acceptors (Lipinski definition) is 4. The molecule has 1 aliphatic heterocycles. The predicted octanol–water partition coefficient (Wildman–Crippen LogP) is 2.18. The molecule has 94 valence electrons. The zero-order chi connectivity index (χ0) is 12.1. The quantitative estimate of drug-likeness (QED) is 0.728. The minimum absolute atomic E-state index is 0.271. The van der Waals surface area contributed by atoms with Crippen molar-refractivity contribution in [3.8, 4) is 0 Å². The largest absolute Gasteiger partial charge is 0.380 e. The second-order valence-corrected chi connectivity index (χ2v) is 5.70. The summed E-state index contributed by atoms with van der Waals surface area (Å²) in [6.45, 7) is 6.15. The van der Waals surface area contributed by atoms with E-state index < -0.39 is 0 Å². The Morgan fingerprint density at radius 1 is 1.65 bits per heavy atom. The molecule has 0 aliphatic carbocycles. The first kappa shape index (κ1) is 12.7. The maximum absolute atomic E-state index is 11.3. The maximum atomic E-state index is 11.3. The van der Waals surface area contributed by atoms with Crippen LogP contribution >= 0.6 is 11.3 Å². The molecule has 17 heavy (non-hydrogen) atoms. The first-order valence-electron chi connectivity index (χ1n) is 6.07. The van der Waals surface area contributed by atoms with E-state index >= 15 is 0 Å². The number of nitrogens with zero attached hydrogens (tertiary/aromatic N) is 1. The van der Waals surface area contributed by atoms with Crippen LogP contribution in [0.15, 0.2) is 17.5 Å². The molecule has 0 radical (unpaired) electrons. The lowest BCUT2D eigenvalue weighted by molar-refractivity contribution is -0.117. The topological polar surface area (TPSA) is 29.5 Å². The Morgan fingerprint density at radius 3 is 3.06 bits per heavy atom. The molecule has 1 saturated heterocycles. The summed E-state index contributed by atoms with van der Waals surface area (Å²) in [7, 11) is 0. The number of aldehydes is 1. The fraction of sp³-hybridized carbons (Fsp3) is 0.615. The lowest BCUT2D eigenvalue weighted by atomic mass is 9.88. The van der Waals surface area contributed by atoms with Gasteiger partial charge >= 0.3 is 0 Å². The van der Waals surface area contributed by atoms with Crippen molar-refractivity contribution in [2.75, 3.05) is 26.3 Å². The first-order valence-corrected chi connectivity index (χ1v) is 6.95. The molecule has 2 rings (SSSR count). The zero-order valence-corrected chi connectivity index (χ0v) is 11.0. The van der Waals surface area contributed by atoms with Gasteiger partial charge in [0.15, 0.2) is 0 Å². The van der Waals surface area contributed by atoms with Gasteiger partial charge in [0.25, 0.3) is 0 Å². The zero-order valence-electron chi connectivity index (χ0n) is 10.2. The van der Waals surface area contributed by atoms with Crippen LogP contribution in [0.5, 0.6) is 0 Å². The third kappa shape index (κ3) is 3.15. The fourth-order valence-corrected chi connectivity index (χ4v) is 2.97. The van der Waals surface area contributed by atoms with Crippen LogP contribution in [0.2, 0.25) is 0 Å². The Hall–Kier alpha value is -0.710. The van der Waals surface area contributed by atoms with E-state index in [1.807, 2.05) is 0 Å². The van der Waals surface area contributed by atoms with Gasteiger partial charge in [-0.15, -0.1) is 11.3 Å². The van der Waals surface area contributed by atoms with E-state index in [0.717, 1.165) is 38.9 Å². The van der Waals surface area contributed by atoms with Gasteiger partial charge in [-0.3, -0.25) is 4.90 Å². The van der Waals surface area contributed by atoms with Crippen LogP contribution < -0.4 is 0 Å². The monoisotopic (exact) mass is 253 g/mol. The molecule has 0 spiro atoms. The molecule has 1 fully saturated rings. The molecule has 0 saturated carbocycles. The molecule has 1 aromatic rings. The number of carbonyl (C=O) groups is 1. The van der Waals surface area contributed by atoms with Crippen molar-refractivity contribution < 1.29 is 9.53 Å². The molecule has 4 heteroatoms. The summed E-state index contributed by atoms with van der Waals surface area (Å²) in [5.74, 6) is 0. The highest BCUT2D eigenvalue weighted by atomic mass is 32.1. The molecule has 3 nitrogen and oxygen atoms in total. The Labute approximate surface area is 106 Å². The molecular formula is C13H19NO2S. The SMILES string of the molecule is CCN(Cc1cccs1)CC1(C=O)CCOC1. The summed E-state index contributed by atoms with van der Waals surface area (Å²) >= 11 is 1.77. The molecule has 0 bridgehead atoms. The van der Waals surface area contributed by atoms with Gasteiger partial charge in [0.1, 0.15) is 6.29 Å². The predicted molar refractivity (Wildman–Crippen MR) is 69.2 cm³/mol. The van der Waals surface area contributed by atoms with E-state index in [4.69, 9.17) is 4.74 Å². The Morgan fingerprint density at radius 2 is 2.53 bits per heavy atom. The molecule has 1 unspecified atom stereocenters. The molecule has 1 aliphatic rings. The third-order valence-electron chi connectivity index (χ3n) is 3.33. The van der Waals surface area contributed by atoms with E-state index in [2.05, 4.69) is 29.3 Å². The van der Waals surface area contributed by atoms with Crippen molar-refractivity contribution in [2.45, 2.75) is 19.9 Å². The molecule has 0 N–H and O–H groups in total. The summed E-state index contributed by atoms with van der Waals surface area (Å²) in [6, 6.07) is 4.22. The number of carbonyl (C=O) groups excluding carboxylic acids is 1. The van der Waals surface area contributed by atoms with Crippen LogP contribution in [-0.4, -0.2) is 37.5 Å². The van der Waals surface area contributed by atoms with E-state index in [1.165, 1.54) is 4.88 Å². The molecular weight excluding hydrogens is 234 g/mol. The highest BCUT2D eigenvalue weighted by Crippen LogP contribution is 2.28. The number of hydrogen-bond donors (Lipinski definition) is 0. The highest BCUT2D eigenvalue weighted by Gasteiger charge is 2.36. The van der Waals surface area contributed by atoms with Crippen LogP contribution in [0.3, 0.4) is 0 Å². The summed E-state index contributed by atoms with van der Waals surface area (Å²) in [5, 5.41) is 2.09. The van der Waals surface area contributed by atoms with Gasteiger partial charge in [0.05, 0.1) is 12.0 Å². The summed E-state index contributed by atoms with van der Waals surface area (Å²) < 4.78 is 5.38. The molecule has 2 heterocycles. The molecule has 1 atom stereocenters. The average molecular weight is 253 g/mol. The lowest BCUT2D eigenvalue weighted by Crippen LogP contribution is -2.39. The van der Waals surface area contributed by atoms with E-state index in [9.17, 15) is 4.79 Å². The summed E-state index contributed by atoms with van der Waals surface area (Å²) in [5.41, 5.74) is -0.271. The number of ether oxygens (including phenoxy) is 1. The van der Waals surface area contributed by atoms with E-state index in [0.29, 0.717) is 6.61 Å². The summed E-state index contributed by atoms with van der Waals surface area (Å²) in [6.07, 6.45) is 1.95. The van der Waals surface area contributed by atoms with Gasteiger partial charge in [-0.2, -0.15) is 0 Å². The van der Waals surface area contributed by atoms with Crippen LogP contribution in [0, 0.1) is 5.41 Å². The minimum Gasteiger partial charge on any atom is -0.380 e. The molecule has 1 aromatic heterocycles. The summed E-state index contributed by atoms with van der Waals surface area (Å²) in [4.78, 5) is 15.0. The molecule has 0 aromatic carbocycles. The Bertz CT molecular complexity index is 344. The van der Waals surface area contributed by atoms with Crippen molar-refractivity contribution in [2.24, 2.45) is 5.41 Å². The van der Waals surface area contributed by atoms with Crippen LogP contribution in [0.4, 0.5) is 0 Å². The van der Waals surface area contributed by atoms with Crippen molar-refractivity contribution in [1.82, 2.24) is 4.90 Å². The van der Waals surface area contributed by atoms with Gasteiger partial charge in [0.2, 0.25) is 0 Å². The minimum atomic E-state index is -0.271. The van der Waals surface area contributed by atoms with E-state index in [1.54, 1.807) is 11.3 Å². The van der Waals surface area contributed by atoms with Crippen molar-refractivity contribution in [3.05, 3.63) is 22.4 Å². The standard InChI is InChI=1S/C13H19NO2S/c1-2-14(8-12-4-3-7-17-12)9-13(10-15)5-6-16-11-13/h3-4,7,10H,2,5-6,8-9,11H2,1H3. The van der Waals surface area contributed by atoms with Crippen molar-refractivity contribution in [3.63, 3.8) is 0 Å². The van der Waals surface area contributed by atoms with E-state index in [-0.39, 0.29) is 5.41 Å². The second kappa shape index (κ2) is 5.76. The lowest BCUT2D eigenvalue weighted by Gasteiger charge is -2.29. The first-order chi connectivity index (χ1) is 8.28. The normalized spacial score (nSPS) is 24.4.